The maximum absolute atomic E-state index is 14.2. The van der Waals surface area contributed by atoms with Gasteiger partial charge in [0.2, 0.25) is 11.8 Å². The number of imide groups is 1. The van der Waals surface area contributed by atoms with E-state index in [9.17, 15) is 14.0 Å². The fraction of sp³-hybridized carbons (Fsp3) is 0.583. The van der Waals surface area contributed by atoms with Gasteiger partial charge in [-0.05, 0) is 68.7 Å². The molecule has 178 valence electrons. The lowest BCUT2D eigenvalue weighted by molar-refractivity contribution is -0.134. The third-order valence-electron chi connectivity index (χ3n) is 6.42. The van der Waals surface area contributed by atoms with E-state index in [4.69, 9.17) is 4.74 Å². The zero-order chi connectivity index (χ0) is 23.2. The largest absolute Gasteiger partial charge is 0.490 e. The number of carbonyl (C=O) groups is 2. The van der Waals surface area contributed by atoms with Crippen LogP contribution in [0.25, 0.3) is 0 Å². The number of hydrogen-bond donors (Lipinski definition) is 2. The number of ether oxygens (including phenoxy) is 1. The average Bonchev–Trinajstić information content (AvgIpc) is 3.53. The predicted molar refractivity (Wildman–Crippen MR) is 120 cm³/mol. The molecule has 2 heterocycles. The molecule has 4 rings (SSSR count). The normalized spacial score (nSPS) is 19.4. The van der Waals surface area contributed by atoms with E-state index >= 15 is 0 Å². The van der Waals surface area contributed by atoms with Gasteiger partial charge in [-0.15, -0.1) is 5.10 Å². The smallest absolute Gasteiger partial charge is 0.243 e. The van der Waals surface area contributed by atoms with Gasteiger partial charge in [0.15, 0.2) is 11.6 Å². The molecule has 0 radical (unpaired) electrons. The van der Waals surface area contributed by atoms with E-state index in [2.05, 4.69) is 27.9 Å². The van der Waals surface area contributed by atoms with E-state index in [1.54, 1.807) is 6.20 Å². The van der Waals surface area contributed by atoms with Gasteiger partial charge in [-0.25, -0.2) is 9.07 Å². The third-order valence-corrected chi connectivity index (χ3v) is 6.42. The Bertz CT molecular complexity index is 975. The Morgan fingerprint density at radius 2 is 2.15 bits per heavy atom. The first-order valence-electron chi connectivity index (χ1n) is 11.9. The first kappa shape index (κ1) is 23.4. The van der Waals surface area contributed by atoms with Crippen LogP contribution in [0.1, 0.15) is 62.6 Å². The zero-order valence-electron chi connectivity index (χ0n) is 19.1. The molecular weight excluding hydrogens is 425 g/mol. The van der Waals surface area contributed by atoms with Crippen molar-refractivity contribution in [2.45, 2.75) is 70.4 Å². The molecule has 33 heavy (non-hydrogen) atoms. The molecule has 1 saturated carbocycles. The van der Waals surface area contributed by atoms with Gasteiger partial charge < -0.3 is 10.1 Å². The summed E-state index contributed by atoms with van der Waals surface area (Å²) in [6.07, 6.45) is 7.47. The fourth-order valence-corrected chi connectivity index (χ4v) is 4.12. The number of piperidine rings is 1. The van der Waals surface area contributed by atoms with E-state index in [0.717, 1.165) is 43.4 Å². The topological polar surface area (TPSA) is 98.1 Å². The molecule has 2 aliphatic rings. The molecule has 0 spiro atoms. The number of aromatic nitrogens is 3. The van der Waals surface area contributed by atoms with Crippen LogP contribution in [0.3, 0.4) is 0 Å². The number of amides is 2. The first-order valence-corrected chi connectivity index (χ1v) is 11.9. The molecule has 2 aromatic rings. The molecule has 1 saturated heterocycles. The van der Waals surface area contributed by atoms with Crippen molar-refractivity contribution in [3.05, 3.63) is 41.5 Å². The molecular formula is C24H32FN5O3. The minimum absolute atomic E-state index is 0.163. The van der Waals surface area contributed by atoms with Crippen LogP contribution in [0, 0.1) is 11.7 Å². The van der Waals surface area contributed by atoms with Gasteiger partial charge >= 0.3 is 0 Å². The van der Waals surface area contributed by atoms with Crippen LogP contribution < -0.4 is 15.4 Å². The van der Waals surface area contributed by atoms with Crippen molar-refractivity contribution in [1.29, 1.82) is 0 Å². The van der Waals surface area contributed by atoms with Crippen molar-refractivity contribution in [2.24, 2.45) is 5.92 Å². The van der Waals surface area contributed by atoms with Crippen molar-refractivity contribution >= 4 is 11.8 Å². The van der Waals surface area contributed by atoms with E-state index < -0.39 is 0 Å². The summed E-state index contributed by atoms with van der Waals surface area (Å²) in [4.78, 5) is 23.1. The van der Waals surface area contributed by atoms with E-state index in [0.29, 0.717) is 44.2 Å². The van der Waals surface area contributed by atoms with Gasteiger partial charge in [-0.1, -0.05) is 18.2 Å². The molecule has 9 heteroatoms. The maximum Gasteiger partial charge on any atom is 0.243 e. The van der Waals surface area contributed by atoms with Gasteiger partial charge in [0, 0.05) is 18.9 Å². The zero-order valence-corrected chi connectivity index (χ0v) is 19.1. The fourth-order valence-electron chi connectivity index (χ4n) is 4.12. The maximum atomic E-state index is 14.2. The number of hydrogen-bond acceptors (Lipinski definition) is 6. The third kappa shape index (κ3) is 6.37. The number of benzene rings is 1. The lowest BCUT2D eigenvalue weighted by Crippen LogP contribution is -2.50. The van der Waals surface area contributed by atoms with E-state index in [1.165, 1.54) is 6.07 Å². The second-order valence-corrected chi connectivity index (χ2v) is 9.02. The minimum atomic E-state index is -0.320. The Labute approximate surface area is 193 Å². The summed E-state index contributed by atoms with van der Waals surface area (Å²) in [5, 5.41) is 13.9. The van der Waals surface area contributed by atoms with Crippen LogP contribution in [0.5, 0.6) is 5.75 Å². The molecule has 2 atom stereocenters. The number of halogens is 1. The second kappa shape index (κ2) is 10.9. The van der Waals surface area contributed by atoms with Crippen LogP contribution in [0.15, 0.2) is 24.4 Å². The Morgan fingerprint density at radius 3 is 2.91 bits per heavy atom. The highest BCUT2D eigenvalue weighted by Crippen LogP contribution is 2.32. The van der Waals surface area contributed by atoms with Crippen LogP contribution in [-0.2, 0) is 22.6 Å². The molecule has 2 amide bonds. The Hall–Kier alpha value is -2.81. The summed E-state index contributed by atoms with van der Waals surface area (Å²) < 4.78 is 21.8. The second-order valence-electron chi connectivity index (χ2n) is 9.02. The minimum Gasteiger partial charge on any atom is -0.490 e. The highest BCUT2D eigenvalue weighted by atomic mass is 19.1. The number of nitrogens with zero attached hydrogens (tertiary/aromatic N) is 3. The summed E-state index contributed by atoms with van der Waals surface area (Å²) >= 11 is 0. The molecule has 1 aliphatic heterocycles. The summed E-state index contributed by atoms with van der Waals surface area (Å²) in [5.41, 5.74) is 2.05. The molecule has 0 bridgehead atoms. The quantitative estimate of drug-likeness (QED) is 0.376. The summed E-state index contributed by atoms with van der Waals surface area (Å²) in [6.45, 7) is 4.00. The van der Waals surface area contributed by atoms with Crippen LogP contribution in [0.4, 0.5) is 4.39 Å². The number of rotatable bonds is 12. The van der Waals surface area contributed by atoms with E-state index in [1.807, 2.05) is 16.8 Å². The number of carbonyl (C=O) groups excluding carboxylic acids is 2. The van der Waals surface area contributed by atoms with Crippen LogP contribution in [0.2, 0.25) is 0 Å². The molecule has 2 N–H and O–H groups in total. The Balaban J connectivity index is 1.30. The Morgan fingerprint density at radius 1 is 1.30 bits per heavy atom. The van der Waals surface area contributed by atoms with Gasteiger partial charge in [0.25, 0.3) is 0 Å². The van der Waals surface area contributed by atoms with Gasteiger partial charge in [-0.2, -0.15) is 0 Å². The molecule has 8 nitrogen and oxygen atoms in total. The van der Waals surface area contributed by atoms with Crippen molar-refractivity contribution in [3.8, 4) is 5.75 Å². The molecule has 1 aromatic carbocycles. The van der Waals surface area contributed by atoms with Crippen molar-refractivity contribution in [3.63, 3.8) is 0 Å². The molecule has 2 unspecified atom stereocenters. The molecule has 1 aliphatic carbocycles. The summed E-state index contributed by atoms with van der Waals surface area (Å²) in [7, 11) is 0. The summed E-state index contributed by atoms with van der Waals surface area (Å²) in [6, 6.07) is 4.83. The molecule has 1 aromatic heterocycles. The van der Waals surface area contributed by atoms with Gasteiger partial charge in [0.05, 0.1) is 24.5 Å². The molecule has 2 fully saturated rings. The van der Waals surface area contributed by atoms with Crippen LogP contribution >= 0.6 is 0 Å². The predicted octanol–water partition coefficient (Wildman–Crippen LogP) is 2.73. The number of nitrogens with one attached hydrogen (secondary N) is 2. The first-order chi connectivity index (χ1) is 16.0. The van der Waals surface area contributed by atoms with Gasteiger partial charge in [-0.3, -0.25) is 14.9 Å². The van der Waals surface area contributed by atoms with Crippen LogP contribution in [-0.4, -0.2) is 46.0 Å². The standard InChI is InChI=1S/C24H32FN5O3/c1-2-17(18-7-8-20(25)22(12-18)33-15-16-5-6-16)14-30-19(13-27-29-30)4-3-11-26-21-9-10-23(31)28-24(21)32/h7-8,12-13,16-17,21,26H,2-6,9-11,14-15H2,1H3,(H,28,31,32). The number of aryl methyl sites for hydroxylation is 1. The lowest BCUT2D eigenvalue weighted by Gasteiger charge is -2.22. The summed E-state index contributed by atoms with van der Waals surface area (Å²) in [5.74, 6) is 0.285. The van der Waals surface area contributed by atoms with E-state index in [-0.39, 0.29) is 29.6 Å². The van der Waals surface area contributed by atoms with Crippen molar-refractivity contribution < 1.29 is 18.7 Å². The SMILES string of the molecule is CCC(Cn1nncc1CCCNC1CCC(=O)NC1=O)c1ccc(F)c(OCC2CC2)c1. The van der Waals surface area contributed by atoms with Gasteiger partial charge in [0.1, 0.15) is 0 Å². The highest BCUT2D eigenvalue weighted by molar-refractivity contribution is 6.00. The van der Waals surface area contributed by atoms with Crippen molar-refractivity contribution in [1.82, 2.24) is 25.6 Å². The highest BCUT2D eigenvalue weighted by Gasteiger charge is 2.26. The monoisotopic (exact) mass is 457 g/mol. The average molecular weight is 458 g/mol. The lowest BCUT2D eigenvalue weighted by atomic mass is 9.96. The Kier molecular flexibility index (Phi) is 7.69. The van der Waals surface area contributed by atoms with Crippen molar-refractivity contribution in [2.75, 3.05) is 13.2 Å².